The Kier molecular flexibility index (Phi) is 1.92. The summed E-state index contributed by atoms with van der Waals surface area (Å²) in [5.41, 5.74) is 0. The topological polar surface area (TPSA) is 55.2 Å². The molecule has 2 heterocycles. The third-order valence-electron chi connectivity index (χ3n) is 2.01. The smallest absolute Gasteiger partial charge is 0.241 e. The zero-order valence-corrected chi connectivity index (χ0v) is 7.67. The lowest BCUT2D eigenvalue weighted by atomic mass is 10.2. The molecule has 0 spiro atoms. The number of hydrogen-bond acceptors (Lipinski definition) is 3. The highest BCUT2D eigenvalue weighted by atomic mass is 16.2. The fourth-order valence-electron chi connectivity index (χ4n) is 1.30. The van der Waals surface area contributed by atoms with E-state index in [0.29, 0.717) is 5.95 Å². The van der Waals surface area contributed by atoms with Gasteiger partial charge in [-0.25, -0.2) is 4.98 Å². The molecule has 0 saturated carbocycles. The lowest BCUT2D eigenvalue weighted by Gasteiger charge is -2.19. The SMILES string of the molecule is Cn1ccnc1N1C=CC(=O)CC1=O. The van der Waals surface area contributed by atoms with Crippen LogP contribution < -0.4 is 4.90 Å². The summed E-state index contributed by atoms with van der Waals surface area (Å²) < 4.78 is 1.72. The van der Waals surface area contributed by atoms with Crippen molar-refractivity contribution in [2.24, 2.45) is 7.05 Å². The van der Waals surface area contributed by atoms with Crippen LogP contribution in [0.2, 0.25) is 0 Å². The van der Waals surface area contributed by atoms with Crippen LogP contribution in [0, 0.1) is 0 Å². The number of imidazole rings is 1. The molecule has 72 valence electrons. The minimum atomic E-state index is -0.244. The van der Waals surface area contributed by atoms with Crippen molar-refractivity contribution in [2.75, 3.05) is 4.90 Å². The van der Waals surface area contributed by atoms with Crippen molar-refractivity contribution >= 4 is 17.6 Å². The molecule has 0 N–H and O–H groups in total. The Labute approximate surface area is 80.6 Å². The number of aryl methyl sites for hydroxylation is 1. The predicted octanol–water partition coefficient (Wildman–Crippen LogP) is 0.240. The van der Waals surface area contributed by atoms with Gasteiger partial charge in [0.05, 0.1) is 6.42 Å². The van der Waals surface area contributed by atoms with Crippen molar-refractivity contribution < 1.29 is 9.59 Å². The number of hydrogen-bond donors (Lipinski definition) is 0. The molecule has 0 unspecified atom stereocenters. The summed E-state index contributed by atoms with van der Waals surface area (Å²) in [4.78, 5) is 27.8. The van der Waals surface area contributed by atoms with Crippen LogP contribution in [0.4, 0.5) is 5.95 Å². The van der Waals surface area contributed by atoms with E-state index in [2.05, 4.69) is 4.98 Å². The summed E-state index contributed by atoms with van der Waals surface area (Å²) in [5.74, 6) is 0.117. The number of ketones is 1. The van der Waals surface area contributed by atoms with Gasteiger partial charge in [0.15, 0.2) is 5.78 Å². The van der Waals surface area contributed by atoms with Crippen LogP contribution in [-0.2, 0) is 16.6 Å². The van der Waals surface area contributed by atoms with Crippen LogP contribution in [0.25, 0.3) is 0 Å². The maximum Gasteiger partial charge on any atom is 0.241 e. The minimum absolute atomic E-state index is 0.0800. The Hall–Kier alpha value is -1.91. The van der Waals surface area contributed by atoms with E-state index in [1.54, 1.807) is 24.0 Å². The number of rotatable bonds is 1. The molecule has 0 fully saturated rings. The highest BCUT2D eigenvalue weighted by molar-refractivity contribution is 6.12. The van der Waals surface area contributed by atoms with E-state index in [9.17, 15) is 9.59 Å². The van der Waals surface area contributed by atoms with Crippen molar-refractivity contribution in [3.8, 4) is 0 Å². The molecular weight excluding hydrogens is 182 g/mol. The standard InChI is InChI=1S/C9H9N3O2/c1-11-5-3-10-9(11)12-4-2-7(13)6-8(12)14/h2-5H,6H2,1H3. The number of allylic oxidation sites excluding steroid dienone is 1. The Balaban J connectivity index is 2.36. The molecule has 0 saturated heterocycles. The van der Waals surface area contributed by atoms with Gasteiger partial charge in [-0.15, -0.1) is 0 Å². The van der Waals surface area contributed by atoms with Crippen LogP contribution in [0.1, 0.15) is 6.42 Å². The first-order chi connectivity index (χ1) is 6.68. The number of amides is 1. The summed E-state index contributed by atoms with van der Waals surface area (Å²) in [6.45, 7) is 0. The van der Waals surface area contributed by atoms with Crippen LogP contribution >= 0.6 is 0 Å². The molecule has 5 nitrogen and oxygen atoms in total. The predicted molar refractivity (Wildman–Crippen MR) is 49.5 cm³/mol. The first kappa shape index (κ1) is 8.68. The quantitative estimate of drug-likeness (QED) is 0.597. The van der Waals surface area contributed by atoms with Gasteiger partial charge >= 0.3 is 0 Å². The van der Waals surface area contributed by atoms with Gasteiger partial charge in [-0.05, 0) is 6.08 Å². The second kappa shape index (κ2) is 3.10. The molecular formula is C9H9N3O2. The van der Waals surface area contributed by atoms with Gasteiger partial charge in [0, 0.05) is 25.6 Å². The van der Waals surface area contributed by atoms with E-state index in [1.165, 1.54) is 17.2 Å². The van der Waals surface area contributed by atoms with Gasteiger partial charge in [-0.3, -0.25) is 14.5 Å². The van der Waals surface area contributed by atoms with Crippen molar-refractivity contribution in [1.82, 2.24) is 9.55 Å². The lowest BCUT2D eigenvalue weighted by Crippen LogP contribution is -2.32. The van der Waals surface area contributed by atoms with Crippen LogP contribution in [0.5, 0.6) is 0 Å². The normalized spacial score (nSPS) is 16.5. The minimum Gasteiger partial charge on any atom is -0.320 e. The van der Waals surface area contributed by atoms with Crippen molar-refractivity contribution in [1.29, 1.82) is 0 Å². The second-order valence-electron chi connectivity index (χ2n) is 3.06. The van der Waals surface area contributed by atoms with Gasteiger partial charge in [-0.1, -0.05) is 0 Å². The third-order valence-corrected chi connectivity index (χ3v) is 2.01. The average Bonchev–Trinajstić information content (AvgIpc) is 2.52. The number of anilines is 1. The number of carbonyl (C=O) groups excluding carboxylic acids is 2. The first-order valence-corrected chi connectivity index (χ1v) is 4.19. The van der Waals surface area contributed by atoms with Crippen LogP contribution in [0.15, 0.2) is 24.7 Å². The van der Waals surface area contributed by atoms with Gasteiger partial charge in [0.2, 0.25) is 11.9 Å². The van der Waals surface area contributed by atoms with Crippen molar-refractivity contribution in [2.45, 2.75) is 6.42 Å². The molecule has 0 radical (unpaired) electrons. The third kappa shape index (κ3) is 1.32. The molecule has 0 aromatic carbocycles. The molecule has 2 rings (SSSR count). The van der Waals surface area contributed by atoms with Crippen molar-refractivity contribution in [3.63, 3.8) is 0 Å². The Morgan fingerprint density at radius 1 is 1.43 bits per heavy atom. The van der Waals surface area contributed by atoms with E-state index in [0.717, 1.165) is 0 Å². The molecule has 0 bridgehead atoms. The number of nitrogens with zero attached hydrogens (tertiary/aromatic N) is 3. The number of carbonyl (C=O) groups is 2. The van der Waals surface area contributed by atoms with E-state index in [4.69, 9.17) is 0 Å². The van der Waals surface area contributed by atoms with Crippen LogP contribution in [-0.4, -0.2) is 21.2 Å². The first-order valence-electron chi connectivity index (χ1n) is 4.19. The summed E-state index contributed by atoms with van der Waals surface area (Å²) in [5, 5.41) is 0. The van der Waals surface area contributed by atoms with E-state index in [-0.39, 0.29) is 18.1 Å². The Morgan fingerprint density at radius 3 is 2.79 bits per heavy atom. The molecule has 5 heteroatoms. The second-order valence-corrected chi connectivity index (χ2v) is 3.06. The average molecular weight is 191 g/mol. The molecule has 1 aliphatic heterocycles. The fourth-order valence-corrected chi connectivity index (χ4v) is 1.30. The highest BCUT2D eigenvalue weighted by Crippen LogP contribution is 2.15. The Morgan fingerprint density at radius 2 is 2.21 bits per heavy atom. The van der Waals surface area contributed by atoms with Gasteiger partial charge in [0.25, 0.3) is 0 Å². The van der Waals surface area contributed by atoms with E-state index >= 15 is 0 Å². The largest absolute Gasteiger partial charge is 0.320 e. The molecule has 0 aliphatic carbocycles. The monoisotopic (exact) mass is 191 g/mol. The highest BCUT2D eigenvalue weighted by Gasteiger charge is 2.22. The summed E-state index contributed by atoms with van der Waals surface area (Å²) in [6, 6.07) is 0. The molecule has 1 aromatic rings. The van der Waals surface area contributed by atoms with Crippen LogP contribution in [0.3, 0.4) is 0 Å². The molecule has 0 atom stereocenters. The van der Waals surface area contributed by atoms with E-state index < -0.39 is 0 Å². The molecule has 1 aliphatic rings. The summed E-state index contributed by atoms with van der Waals surface area (Å²) in [6.07, 6.45) is 6.11. The lowest BCUT2D eigenvalue weighted by molar-refractivity contribution is -0.124. The molecule has 1 aromatic heterocycles. The van der Waals surface area contributed by atoms with Gasteiger partial charge < -0.3 is 4.57 Å². The zero-order chi connectivity index (χ0) is 10.1. The van der Waals surface area contributed by atoms with Gasteiger partial charge in [-0.2, -0.15) is 0 Å². The molecule has 14 heavy (non-hydrogen) atoms. The maximum atomic E-state index is 11.5. The summed E-state index contributed by atoms with van der Waals surface area (Å²) >= 11 is 0. The molecule has 1 amide bonds. The zero-order valence-electron chi connectivity index (χ0n) is 7.67. The fraction of sp³-hybridized carbons (Fsp3) is 0.222. The van der Waals surface area contributed by atoms with Gasteiger partial charge in [0.1, 0.15) is 0 Å². The Bertz CT molecular complexity index is 419. The van der Waals surface area contributed by atoms with Crippen molar-refractivity contribution in [3.05, 3.63) is 24.7 Å². The maximum absolute atomic E-state index is 11.5. The number of aromatic nitrogens is 2. The summed E-state index contributed by atoms with van der Waals surface area (Å²) in [7, 11) is 1.79. The van der Waals surface area contributed by atoms with E-state index in [1.807, 2.05) is 0 Å².